The number of aryl methyl sites for hydroxylation is 2. The molecule has 0 fully saturated rings. The van der Waals surface area contributed by atoms with Gasteiger partial charge in [0.15, 0.2) is 0 Å². The summed E-state index contributed by atoms with van der Waals surface area (Å²) in [5, 5.41) is 5.96. The maximum absolute atomic E-state index is 12.0. The number of carbonyl (C=O) groups excluding carboxylic acids is 2. The van der Waals surface area contributed by atoms with Gasteiger partial charge in [0, 0.05) is 20.9 Å². The summed E-state index contributed by atoms with van der Waals surface area (Å²) < 4.78 is 0.933. The molecular weight excluding hydrogens is 380 g/mol. The SMILES string of the molecule is Cc1cc(Br)ccc1NC(=O)CC(=O)Nc1cc(Cl)ccc1C. The number of nitrogens with one attached hydrogen (secondary N) is 2. The molecule has 2 amide bonds. The number of rotatable bonds is 4. The van der Waals surface area contributed by atoms with Gasteiger partial charge in [-0.15, -0.1) is 0 Å². The zero-order valence-electron chi connectivity index (χ0n) is 12.7. The third kappa shape index (κ3) is 5.08. The Bertz CT molecular complexity index is 762. The van der Waals surface area contributed by atoms with Crippen LogP contribution in [-0.2, 0) is 9.59 Å². The lowest BCUT2D eigenvalue weighted by atomic mass is 10.2. The van der Waals surface area contributed by atoms with Crippen LogP contribution in [0.4, 0.5) is 11.4 Å². The molecule has 0 unspecified atom stereocenters. The van der Waals surface area contributed by atoms with E-state index in [4.69, 9.17) is 11.6 Å². The third-order valence-electron chi connectivity index (χ3n) is 3.26. The largest absolute Gasteiger partial charge is 0.325 e. The normalized spacial score (nSPS) is 10.3. The standard InChI is InChI=1S/C17H16BrClN2O2/c1-10-3-5-13(19)8-15(10)21-17(23)9-16(22)20-14-6-4-12(18)7-11(14)2/h3-8H,9H2,1-2H3,(H,20,22)(H,21,23). The van der Waals surface area contributed by atoms with Crippen LogP contribution in [0.1, 0.15) is 17.5 Å². The lowest BCUT2D eigenvalue weighted by Gasteiger charge is -2.10. The minimum Gasteiger partial charge on any atom is -0.325 e. The van der Waals surface area contributed by atoms with Gasteiger partial charge in [0.2, 0.25) is 11.8 Å². The van der Waals surface area contributed by atoms with Crippen LogP contribution in [0, 0.1) is 13.8 Å². The van der Waals surface area contributed by atoms with Crippen molar-refractivity contribution in [1.29, 1.82) is 0 Å². The van der Waals surface area contributed by atoms with Gasteiger partial charge in [-0.3, -0.25) is 9.59 Å². The second-order valence-corrected chi connectivity index (χ2v) is 6.54. The summed E-state index contributed by atoms with van der Waals surface area (Å²) in [7, 11) is 0. The Hall–Kier alpha value is -1.85. The molecule has 0 bridgehead atoms. The Morgan fingerprint density at radius 1 is 0.957 bits per heavy atom. The maximum Gasteiger partial charge on any atom is 0.233 e. The van der Waals surface area contributed by atoms with Crippen LogP contribution in [0.15, 0.2) is 40.9 Å². The van der Waals surface area contributed by atoms with Gasteiger partial charge in [-0.05, 0) is 55.3 Å². The highest BCUT2D eigenvalue weighted by Crippen LogP contribution is 2.21. The lowest BCUT2D eigenvalue weighted by molar-refractivity contribution is -0.123. The summed E-state index contributed by atoms with van der Waals surface area (Å²) >= 11 is 9.27. The van der Waals surface area contributed by atoms with E-state index in [1.807, 2.05) is 32.0 Å². The predicted octanol–water partition coefficient (Wildman–Crippen LogP) is 4.69. The number of benzene rings is 2. The van der Waals surface area contributed by atoms with Crippen LogP contribution in [0.5, 0.6) is 0 Å². The molecule has 0 aliphatic carbocycles. The zero-order chi connectivity index (χ0) is 17.0. The van der Waals surface area contributed by atoms with E-state index in [-0.39, 0.29) is 18.2 Å². The molecule has 0 aliphatic heterocycles. The molecule has 0 atom stereocenters. The molecule has 0 aliphatic rings. The van der Waals surface area contributed by atoms with E-state index in [9.17, 15) is 9.59 Å². The highest BCUT2D eigenvalue weighted by molar-refractivity contribution is 9.10. The van der Waals surface area contributed by atoms with Crippen molar-refractivity contribution in [2.75, 3.05) is 10.6 Å². The van der Waals surface area contributed by atoms with Crippen molar-refractivity contribution in [3.05, 3.63) is 57.0 Å². The molecule has 0 spiro atoms. The number of halogens is 2. The number of carbonyl (C=O) groups is 2. The van der Waals surface area contributed by atoms with Crippen molar-refractivity contribution in [2.45, 2.75) is 20.3 Å². The molecule has 0 radical (unpaired) electrons. The number of hydrogen-bond acceptors (Lipinski definition) is 2. The number of amides is 2. The Balaban J connectivity index is 1.97. The first-order chi connectivity index (χ1) is 10.8. The maximum atomic E-state index is 12.0. The van der Waals surface area contributed by atoms with Crippen molar-refractivity contribution in [3.8, 4) is 0 Å². The van der Waals surface area contributed by atoms with Gasteiger partial charge in [0.05, 0.1) is 0 Å². The predicted molar refractivity (Wildman–Crippen MR) is 96.9 cm³/mol. The van der Waals surface area contributed by atoms with Crippen molar-refractivity contribution in [2.24, 2.45) is 0 Å². The average molecular weight is 396 g/mol. The van der Waals surface area contributed by atoms with Crippen LogP contribution < -0.4 is 10.6 Å². The summed E-state index contributed by atoms with van der Waals surface area (Å²) in [5.41, 5.74) is 3.09. The summed E-state index contributed by atoms with van der Waals surface area (Å²) in [6.45, 7) is 3.74. The highest BCUT2D eigenvalue weighted by Gasteiger charge is 2.12. The average Bonchev–Trinajstić information content (AvgIpc) is 2.46. The first-order valence-corrected chi connectivity index (χ1v) is 8.14. The van der Waals surface area contributed by atoms with Crippen molar-refractivity contribution >= 4 is 50.7 Å². The highest BCUT2D eigenvalue weighted by atomic mass is 79.9. The second-order valence-electron chi connectivity index (χ2n) is 5.19. The first-order valence-electron chi connectivity index (χ1n) is 6.97. The summed E-state index contributed by atoms with van der Waals surface area (Å²) in [5.74, 6) is -0.754. The third-order valence-corrected chi connectivity index (χ3v) is 3.99. The smallest absolute Gasteiger partial charge is 0.233 e. The van der Waals surface area contributed by atoms with Crippen molar-refractivity contribution < 1.29 is 9.59 Å². The molecule has 2 aromatic rings. The van der Waals surface area contributed by atoms with Crippen LogP contribution in [0.3, 0.4) is 0 Å². The molecule has 6 heteroatoms. The van der Waals surface area contributed by atoms with Gasteiger partial charge in [0.25, 0.3) is 0 Å². The van der Waals surface area contributed by atoms with Crippen LogP contribution >= 0.6 is 27.5 Å². The van der Waals surface area contributed by atoms with Gasteiger partial charge in [-0.1, -0.05) is 33.6 Å². The number of anilines is 2. The fourth-order valence-corrected chi connectivity index (χ4v) is 2.68. The monoisotopic (exact) mass is 394 g/mol. The second kappa shape index (κ2) is 7.62. The Kier molecular flexibility index (Phi) is 5.80. The summed E-state index contributed by atoms with van der Waals surface area (Å²) in [6, 6.07) is 10.7. The minimum atomic E-state index is -0.386. The van der Waals surface area contributed by atoms with E-state index < -0.39 is 0 Å². The Labute approximate surface area is 148 Å². The molecule has 120 valence electrons. The molecule has 4 nitrogen and oxygen atoms in total. The van der Waals surface area contributed by atoms with Gasteiger partial charge in [-0.2, -0.15) is 0 Å². The zero-order valence-corrected chi connectivity index (χ0v) is 15.1. The molecule has 0 saturated carbocycles. The van der Waals surface area contributed by atoms with E-state index in [1.54, 1.807) is 18.2 Å². The topological polar surface area (TPSA) is 58.2 Å². The van der Waals surface area contributed by atoms with Crippen LogP contribution in [0.2, 0.25) is 5.02 Å². The van der Waals surface area contributed by atoms with Gasteiger partial charge in [-0.25, -0.2) is 0 Å². The van der Waals surface area contributed by atoms with Crippen molar-refractivity contribution in [1.82, 2.24) is 0 Å². The minimum absolute atomic E-state index is 0.262. The van der Waals surface area contributed by atoms with E-state index in [0.29, 0.717) is 16.4 Å². The van der Waals surface area contributed by atoms with Gasteiger partial charge in [0.1, 0.15) is 6.42 Å². The summed E-state index contributed by atoms with van der Waals surface area (Å²) in [4.78, 5) is 24.0. The quantitative estimate of drug-likeness (QED) is 0.738. The van der Waals surface area contributed by atoms with E-state index >= 15 is 0 Å². The van der Waals surface area contributed by atoms with E-state index in [0.717, 1.165) is 15.6 Å². The molecule has 0 saturated heterocycles. The molecule has 0 heterocycles. The fraction of sp³-hybridized carbons (Fsp3) is 0.176. The number of hydrogen-bond donors (Lipinski definition) is 2. The van der Waals surface area contributed by atoms with Gasteiger partial charge >= 0.3 is 0 Å². The van der Waals surface area contributed by atoms with Crippen molar-refractivity contribution in [3.63, 3.8) is 0 Å². The van der Waals surface area contributed by atoms with Crippen LogP contribution in [-0.4, -0.2) is 11.8 Å². The molecule has 2 rings (SSSR count). The van der Waals surface area contributed by atoms with Crippen LogP contribution in [0.25, 0.3) is 0 Å². The Morgan fingerprint density at radius 3 is 2.26 bits per heavy atom. The van der Waals surface area contributed by atoms with E-state index in [1.165, 1.54) is 0 Å². The molecule has 2 aromatic carbocycles. The molecule has 23 heavy (non-hydrogen) atoms. The molecular formula is C17H16BrClN2O2. The Morgan fingerprint density at radius 2 is 1.61 bits per heavy atom. The first kappa shape index (κ1) is 17.5. The molecule has 0 aromatic heterocycles. The fourth-order valence-electron chi connectivity index (χ4n) is 2.03. The summed E-state index contributed by atoms with van der Waals surface area (Å²) in [6.07, 6.45) is -0.262. The molecule has 2 N–H and O–H groups in total. The van der Waals surface area contributed by atoms with E-state index in [2.05, 4.69) is 26.6 Å². The van der Waals surface area contributed by atoms with Gasteiger partial charge < -0.3 is 10.6 Å². The lowest BCUT2D eigenvalue weighted by Crippen LogP contribution is -2.22.